The molecule has 29 heavy (non-hydrogen) atoms. The Kier molecular flexibility index (Phi) is 6.63. The SMILES string of the molecule is C=C(S/C=C(\CC)Cc1cc(C)c(N)cc1C)c1ccc2c(c1)CCCC2(C)C. The summed E-state index contributed by atoms with van der Waals surface area (Å²) in [6.07, 6.45) is 5.77. The van der Waals surface area contributed by atoms with Crippen molar-refractivity contribution in [2.75, 3.05) is 5.73 Å². The number of allylic oxidation sites excluding steroid dienone is 1. The van der Waals surface area contributed by atoms with Gasteiger partial charge in [0.05, 0.1) is 0 Å². The molecule has 0 aliphatic heterocycles. The first kappa shape index (κ1) is 21.8. The zero-order chi connectivity index (χ0) is 21.2. The van der Waals surface area contributed by atoms with Gasteiger partial charge in [-0.3, -0.25) is 0 Å². The molecule has 0 saturated heterocycles. The van der Waals surface area contributed by atoms with E-state index in [1.807, 2.05) is 0 Å². The standard InChI is InChI=1S/C27H35NS/c1-7-21(15-24-13-19(3)26(28)14-18(24)2)17-29-20(4)22-10-11-25-23(16-22)9-8-12-27(25,5)6/h10-11,13-14,16-17H,4,7-9,12,15,28H2,1-3,5-6H3/b21-17+. The monoisotopic (exact) mass is 405 g/mol. The molecule has 2 aromatic rings. The van der Waals surface area contributed by atoms with Gasteiger partial charge in [-0.1, -0.05) is 69.0 Å². The predicted octanol–water partition coefficient (Wildman–Crippen LogP) is 7.74. The highest BCUT2D eigenvalue weighted by Gasteiger charge is 2.27. The second kappa shape index (κ2) is 8.83. The van der Waals surface area contributed by atoms with E-state index in [1.165, 1.54) is 52.7 Å². The van der Waals surface area contributed by atoms with Gasteiger partial charge in [0, 0.05) is 10.6 Å². The van der Waals surface area contributed by atoms with Crippen LogP contribution in [-0.2, 0) is 18.3 Å². The maximum atomic E-state index is 6.05. The number of fused-ring (bicyclic) bond motifs is 1. The number of thioether (sulfide) groups is 1. The Balaban J connectivity index is 1.74. The zero-order valence-corrected chi connectivity index (χ0v) is 19.5. The number of aryl methyl sites for hydroxylation is 3. The molecular weight excluding hydrogens is 370 g/mol. The lowest BCUT2D eigenvalue weighted by Crippen LogP contribution is -2.23. The van der Waals surface area contributed by atoms with Crippen molar-refractivity contribution in [3.8, 4) is 0 Å². The minimum atomic E-state index is 0.297. The van der Waals surface area contributed by atoms with Gasteiger partial charge in [0.2, 0.25) is 0 Å². The van der Waals surface area contributed by atoms with Crippen LogP contribution in [0, 0.1) is 13.8 Å². The van der Waals surface area contributed by atoms with E-state index in [2.05, 4.69) is 76.9 Å². The van der Waals surface area contributed by atoms with Gasteiger partial charge in [-0.15, -0.1) is 0 Å². The number of rotatable bonds is 6. The maximum Gasteiger partial charge on any atom is 0.0346 e. The quantitative estimate of drug-likeness (QED) is 0.497. The number of benzene rings is 2. The van der Waals surface area contributed by atoms with Gasteiger partial charge in [-0.25, -0.2) is 0 Å². The Bertz CT molecular complexity index is 949. The van der Waals surface area contributed by atoms with Crippen molar-refractivity contribution in [2.45, 2.75) is 72.1 Å². The minimum absolute atomic E-state index is 0.297. The molecule has 0 unspecified atom stereocenters. The third kappa shape index (κ3) is 4.98. The van der Waals surface area contributed by atoms with Crippen LogP contribution in [0.25, 0.3) is 4.91 Å². The Labute approximate surface area is 181 Å². The number of nitrogens with two attached hydrogens (primary N) is 1. The average Bonchev–Trinajstić information content (AvgIpc) is 2.68. The first-order chi connectivity index (χ1) is 13.7. The molecule has 2 N–H and O–H groups in total. The first-order valence-electron chi connectivity index (χ1n) is 10.7. The maximum absolute atomic E-state index is 6.05. The second-order valence-electron chi connectivity index (χ2n) is 9.09. The summed E-state index contributed by atoms with van der Waals surface area (Å²) in [6, 6.07) is 11.3. The summed E-state index contributed by atoms with van der Waals surface area (Å²) in [7, 11) is 0. The number of hydrogen-bond donors (Lipinski definition) is 1. The average molecular weight is 406 g/mol. The molecule has 2 aromatic carbocycles. The molecule has 0 heterocycles. The molecule has 0 atom stereocenters. The smallest absolute Gasteiger partial charge is 0.0346 e. The molecule has 0 radical (unpaired) electrons. The zero-order valence-electron chi connectivity index (χ0n) is 18.7. The van der Waals surface area contributed by atoms with E-state index in [-0.39, 0.29) is 0 Å². The largest absolute Gasteiger partial charge is 0.399 e. The van der Waals surface area contributed by atoms with Gasteiger partial charge in [0.15, 0.2) is 0 Å². The van der Waals surface area contributed by atoms with Crippen LogP contribution in [0.4, 0.5) is 5.69 Å². The fourth-order valence-corrected chi connectivity index (χ4v) is 5.12. The normalized spacial score (nSPS) is 15.8. The van der Waals surface area contributed by atoms with Crippen molar-refractivity contribution >= 4 is 22.4 Å². The Morgan fingerprint density at radius 2 is 1.93 bits per heavy atom. The van der Waals surface area contributed by atoms with Gasteiger partial charge in [0.25, 0.3) is 0 Å². The van der Waals surface area contributed by atoms with Crippen LogP contribution in [0.1, 0.15) is 73.4 Å². The van der Waals surface area contributed by atoms with Crippen molar-refractivity contribution in [1.82, 2.24) is 0 Å². The van der Waals surface area contributed by atoms with Crippen molar-refractivity contribution in [1.29, 1.82) is 0 Å². The van der Waals surface area contributed by atoms with Crippen LogP contribution in [0.2, 0.25) is 0 Å². The molecular formula is C27H35NS. The molecule has 0 saturated carbocycles. The lowest BCUT2D eigenvalue weighted by Gasteiger charge is -2.32. The molecule has 1 aliphatic rings. The number of hydrogen-bond acceptors (Lipinski definition) is 2. The lowest BCUT2D eigenvalue weighted by atomic mass is 9.72. The molecule has 0 aromatic heterocycles. The van der Waals surface area contributed by atoms with Gasteiger partial charge in [-0.05, 0) is 96.2 Å². The lowest BCUT2D eigenvalue weighted by molar-refractivity contribution is 0.432. The molecule has 0 amide bonds. The number of anilines is 1. The summed E-state index contributed by atoms with van der Waals surface area (Å²) in [5.41, 5.74) is 16.7. The van der Waals surface area contributed by atoms with E-state index >= 15 is 0 Å². The highest BCUT2D eigenvalue weighted by Crippen LogP contribution is 2.39. The Morgan fingerprint density at radius 3 is 2.66 bits per heavy atom. The van der Waals surface area contributed by atoms with Gasteiger partial charge in [0.1, 0.15) is 0 Å². The highest BCUT2D eigenvalue weighted by molar-refractivity contribution is 8.10. The highest BCUT2D eigenvalue weighted by atomic mass is 32.2. The fourth-order valence-electron chi connectivity index (χ4n) is 4.30. The second-order valence-corrected chi connectivity index (χ2v) is 10.1. The van der Waals surface area contributed by atoms with Gasteiger partial charge >= 0.3 is 0 Å². The molecule has 0 spiro atoms. The van der Waals surface area contributed by atoms with Crippen molar-refractivity contribution in [3.05, 3.63) is 81.3 Å². The van der Waals surface area contributed by atoms with E-state index < -0.39 is 0 Å². The van der Waals surface area contributed by atoms with Crippen LogP contribution in [0.5, 0.6) is 0 Å². The molecule has 3 rings (SSSR count). The third-order valence-electron chi connectivity index (χ3n) is 6.37. The predicted molar refractivity (Wildman–Crippen MR) is 131 cm³/mol. The summed E-state index contributed by atoms with van der Waals surface area (Å²) < 4.78 is 0. The van der Waals surface area contributed by atoms with E-state index in [0.717, 1.165) is 29.0 Å². The topological polar surface area (TPSA) is 26.0 Å². The molecule has 0 fully saturated rings. The van der Waals surface area contributed by atoms with Gasteiger partial charge in [-0.2, -0.15) is 0 Å². The van der Waals surface area contributed by atoms with Crippen LogP contribution in [0.3, 0.4) is 0 Å². The third-order valence-corrected chi connectivity index (χ3v) is 7.34. The molecule has 154 valence electrons. The van der Waals surface area contributed by atoms with E-state index in [4.69, 9.17) is 5.73 Å². The fraction of sp³-hybridized carbons (Fsp3) is 0.407. The Hall–Kier alpha value is -1.93. The summed E-state index contributed by atoms with van der Waals surface area (Å²) in [4.78, 5) is 1.13. The molecule has 1 aliphatic carbocycles. The van der Waals surface area contributed by atoms with Crippen molar-refractivity contribution < 1.29 is 0 Å². The van der Waals surface area contributed by atoms with E-state index in [0.29, 0.717) is 5.41 Å². The van der Waals surface area contributed by atoms with Crippen LogP contribution >= 0.6 is 11.8 Å². The molecule has 0 bridgehead atoms. The Morgan fingerprint density at radius 1 is 1.17 bits per heavy atom. The van der Waals surface area contributed by atoms with Gasteiger partial charge < -0.3 is 5.73 Å². The van der Waals surface area contributed by atoms with Crippen LogP contribution in [-0.4, -0.2) is 0 Å². The summed E-state index contributed by atoms with van der Waals surface area (Å²) >= 11 is 1.76. The van der Waals surface area contributed by atoms with E-state index in [1.54, 1.807) is 11.8 Å². The molecule has 1 nitrogen and oxygen atoms in total. The summed E-state index contributed by atoms with van der Waals surface area (Å²) in [5.74, 6) is 0. The summed E-state index contributed by atoms with van der Waals surface area (Å²) in [6.45, 7) is 15.6. The van der Waals surface area contributed by atoms with Crippen molar-refractivity contribution in [3.63, 3.8) is 0 Å². The first-order valence-corrected chi connectivity index (χ1v) is 11.6. The van der Waals surface area contributed by atoms with E-state index in [9.17, 15) is 0 Å². The summed E-state index contributed by atoms with van der Waals surface area (Å²) in [5, 5.41) is 2.30. The van der Waals surface area contributed by atoms with Crippen LogP contribution in [0.15, 0.2) is 47.9 Å². The van der Waals surface area contributed by atoms with Crippen LogP contribution < -0.4 is 5.73 Å². The molecule has 2 heteroatoms. The number of nitrogen functional groups attached to an aromatic ring is 1. The minimum Gasteiger partial charge on any atom is -0.399 e. The van der Waals surface area contributed by atoms with Crippen molar-refractivity contribution in [2.24, 2.45) is 0 Å².